The lowest BCUT2D eigenvalue weighted by molar-refractivity contribution is -0.108. The number of carbonyl (C=O) groups excluding carboxylic acids is 1. The van der Waals surface area contributed by atoms with E-state index in [1.165, 1.54) is 0 Å². The van der Waals surface area contributed by atoms with E-state index in [4.69, 9.17) is 11.0 Å². The highest BCUT2D eigenvalue weighted by Crippen LogP contribution is 1.71. The number of nitrogens with zero attached hydrogens (tertiary/aromatic N) is 2. The van der Waals surface area contributed by atoms with Crippen molar-refractivity contribution < 1.29 is 4.79 Å². The van der Waals surface area contributed by atoms with Crippen molar-refractivity contribution in [2.24, 2.45) is 10.8 Å². The maximum absolute atomic E-state index is 10.7. The molecule has 0 fully saturated rings. The van der Waals surface area contributed by atoms with Gasteiger partial charge in [-0.1, -0.05) is 0 Å². The first-order valence-electron chi connectivity index (χ1n) is 2.85. The smallest absolute Gasteiger partial charge is 0.199 e. The fraction of sp³-hybridized carbons (Fsp3) is 0. The zero-order chi connectivity index (χ0) is 9.40. The quantitative estimate of drug-likeness (QED) is 0.201. The molecule has 0 aromatic rings. The Morgan fingerprint density at radius 1 is 1.75 bits per heavy atom. The van der Waals surface area contributed by atoms with Gasteiger partial charge >= 0.3 is 0 Å². The van der Waals surface area contributed by atoms with Crippen LogP contribution in [-0.2, 0) is 4.79 Å². The van der Waals surface area contributed by atoms with E-state index in [1.54, 1.807) is 6.07 Å². The number of nitriles is 1. The average molecular weight is 182 g/mol. The molecule has 0 atom stereocenters. The van der Waals surface area contributed by atoms with Gasteiger partial charge in [-0.25, -0.2) is 0 Å². The van der Waals surface area contributed by atoms with Crippen LogP contribution >= 0.6 is 12.2 Å². The maximum atomic E-state index is 10.7. The van der Waals surface area contributed by atoms with Crippen molar-refractivity contribution in [2.75, 3.05) is 0 Å². The third-order valence-corrected chi connectivity index (χ3v) is 0.780. The van der Waals surface area contributed by atoms with Gasteiger partial charge in [0.2, 0.25) is 0 Å². The molecule has 0 aromatic carbocycles. The number of hydrogen-bond donors (Lipinski definition) is 2. The first-order chi connectivity index (χ1) is 5.66. The zero-order valence-electron chi connectivity index (χ0n) is 6.02. The first kappa shape index (κ1) is 10.3. The molecule has 0 aliphatic heterocycles. The minimum atomic E-state index is -0.416. The van der Waals surface area contributed by atoms with Gasteiger partial charge in [-0.3, -0.25) is 10.2 Å². The molecule has 0 saturated carbocycles. The van der Waals surface area contributed by atoms with Gasteiger partial charge in [-0.15, -0.1) is 0 Å². The number of rotatable bonds is 3. The third-order valence-electron chi connectivity index (χ3n) is 0.689. The molecular formula is C6H6N4OS. The lowest BCUT2D eigenvalue weighted by atomic mass is 10.4. The summed E-state index contributed by atoms with van der Waals surface area (Å²) in [7, 11) is 0. The predicted molar refractivity (Wildman–Crippen MR) is 48.2 cm³/mol. The Morgan fingerprint density at radius 3 is 2.92 bits per heavy atom. The topological polar surface area (TPSA) is 91.3 Å². The van der Waals surface area contributed by atoms with Crippen molar-refractivity contribution in [2.45, 2.75) is 0 Å². The largest absolute Gasteiger partial charge is 0.375 e. The highest BCUT2D eigenvalue weighted by Gasteiger charge is 1.87. The van der Waals surface area contributed by atoms with Gasteiger partial charge in [0.15, 0.2) is 10.9 Å². The van der Waals surface area contributed by atoms with Gasteiger partial charge in [0, 0.05) is 6.08 Å². The lowest BCUT2D eigenvalue weighted by Gasteiger charge is -1.90. The summed E-state index contributed by atoms with van der Waals surface area (Å²) < 4.78 is 0. The van der Waals surface area contributed by atoms with Crippen LogP contribution in [0.15, 0.2) is 17.3 Å². The number of nitrogens with one attached hydrogen (secondary N) is 1. The van der Waals surface area contributed by atoms with Crippen LogP contribution in [0.25, 0.3) is 0 Å². The molecule has 5 nitrogen and oxygen atoms in total. The standard InChI is InChI=1S/C6H6N4OS/c7-3-1-2-5(11)4-9-10-6(8)12/h1-2,4H,(H3,8,10,12)/b2-1+,9-4-. The number of nitrogens with two attached hydrogens (primary N) is 1. The van der Waals surface area contributed by atoms with Crippen molar-refractivity contribution >= 4 is 29.3 Å². The van der Waals surface area contributed by atoms with Gasteiger partial charge in [-0.2, -0.15) is 10.4 Å². The summed E-state index contributed by atoms with van der Waals surface area (Å²) in [5.41, 5.74) is 7.20. The van der Waals surface area contributed by atoms with Gasteiger partial charge in [0.1, 0.15) is 0 Å². The van der Waals surface area contributed by atoms with E-state index in [-0.39, 0.29) is 5.11 Å². The van der Waals surface area contributed by atoms with Crippen molar-refractivity contribution in [3.8, 4) is 6.07 Å². The summed E-state index contributed by atoms with van der Waals surface area (Å²) in [5.74, 6) is -0.416. The molecule has 0 bridgehead atoms. The Labute approximate surface area is 74.5 Å². The number of carbonyl (C=O) groups is 1. The van der Waals surface area contributed by atoms with Crippen LogP contribution in [0.4, 0.5) is 0 Å². The van der Waals surface area contributed by atoms with Crippen LogP contribution in [0.2, 0.25) is 0 Å². The number of hydrazone groups is 1. The second-order valence-corrected chi connectivity index (χ2v) is 2.04. The van der Waals surface area contributed by atoms with Crippen LogP contribution in [-0.4, -0.2) is 17.1 Å². The molecular weight excluding hydrogens is 176 g/mol. The van der Waals surface area contributed by atoms with Gasteiger partial charge in [-0.05, 0) is 18.3 Å². The molecule has 0 unspecified atom stereocenters. The number of hydrogen-bond acceptors (Lipinski definition) is 4. The fourth-order valence-corrected chi connectivity index (χ4v) is 0.375. The van der Waals surface area contributed by atoms with E-state index in [0.29, 0.717) is 0 Å². The van der Waals surface area contributed by atoms with Gasteiger partial charge < -0.3 is 5.73 Å². The first-order valence-corrected chi connectivity index (χ1v) is 3.26. The van der Waals surface area contributed by atoms with Crippen molar-refractivity contribution in [1.82, 2.24) is 5.43 Å². The summed E-state index contributed by atoms with van der Waals surface area (Å²) in [5, 5.41) is 11.4. The van der Waals surface area contributed by atoms with Crippen LogP contribution < -0.4 is 11.2 Å². The molecule has 0 aromatic heterocycles. The molecule has 6 heteroatoms. The molecule has 62 valence electrons. The molecule has 3 N–H and O–H groups in total. The van der Waals surface area contributed by atoms with E-state index < -0.39 is 5.78 Å². The molecule has 12 heavy (non-hydrogen) atoms. The minimum absolute atomic E-state index is 0.0247. The second kappa shape index (κ2) is 6.00. The Kier molecular flexibility index (Phi) is 5.13. The van der Waals surface area contributed by atoms with Crippen LogP contribution in [0, 0.1) is 11.3 Å². The van der Waals surface area contributed by atoms with Crippen molar-refractivity contribution in [3.05, 3.63) is 12.2 Å². The molecule has 0 radical (unpaired) electrons. The zero-order valence-corrected chi connectivity index (χ0v) is 6.84. The summed E-state index contributed by atoms with van der Waals surface area (Å²) in [6, 6.07) is 1.66. The fourth-order valence-electron chi connectivity index (χ4n) is 0.322. The predicted octanol–water partition coefficient (Wildman–Crippen LogP) is -0.546. The van der Waals surface area contributed by atoms with Gasteiger partial charge in [0.05, 0.1) is 12.3 Å². The Hall–Kier alpha value is -1.74. The Morgan fingerprint density at radius 2 is 2.42 bits per heavy atom. The third kappa shape index (κ3) is 6.38. The molecule has 0 rings (SSSR count). The summed E-state index contributed by atoms with van der Waals surface area (Å²) >= 11 is 4.41. The van der Waals surface area contributed by atoms with Crippen LogP contribution in [0.3, 0.4) is 0 Å². The Balaban J connectivity index is 3.86. The molecule has 0 aliphatic rings. The van der Waals surface area contributed by atoms with Gasteiger partial charge in [0.25, 0.3) is 0 Å². The maximum Gasteiger partial charge on any atom is 0.199 e. The highest BCUT2D eigenvalue weighted by molar-refractivity contribution is 7.80. The molecule has 0 spiro atoms. The van der Waals surface area contributed by atoms with E-state index in [0.717, 1.165) is 18.4 Å². The van der Waals surface area contributed by atoms with E-state index >= 15 is 0 Å². The second-order valence-electron chi connectivity index (χ2n) is 1.60. The van der Waals surface area contributed by atoms with Crippen molar-refractivity contribution in [3.63, 3.8) is 0 Å². The highest BCUT2D eigenvalue weighted by atomic mass is 32.1. The summed E-state index contributed by atoms with van der Waals surface area (Å²) in [6.45, 7) is 0. The summed E-state index contributed by atoms with van der Waals surface area (Å²) in [4.78, 5) is 10.7. The van der Waals surface area contributed by atoms with E-state index in [2.05, 4.69) is 22.7 Å². The van der Waals surface area contributed by atoms with Crippen LogP contribution in [0.1, 0.15) is 0 Å². The monoisotopic (exact) mass is 182 g/mol. The number of ketones is 1. The van der Waals surface area contributed by atoms with E-state index in [9.17, 15) is 4.79 Å². The normalized spacial score (nSPS) is 9.92. The molecule has 0 aliphatic carbocycles. The molecule has 0 amide bonds. The molecule has 0 saturated heterocycles. The van der Waals surface area contributed by atoms with Crippen molar-refractivity contribution in [1.29, 1.82) is 5.26 Å². The number of thiocarbonyl (C=S) groups is 1. The van der Waals surface area contributed by atoms with E-state index in [1.807, 2.05) is 0 Å². The summed E-state index contributed by atoms with van der Waals surface area (Å²) in [6.07, 6.45) is 3.09. The van der Waals surface area contributed by atoms with Crippen LogP contribution in [0.5, 0.6) is 0 Å². The molecule has 0 heterocycles. The lowest BCUT2D eigenvalue weighted by Crippen LogP contribution is -2.24. The number of allylic oxidation sites excluding steroid dienone is 2. The SMILES string of the molecule is N#C/C=C/C(=O)/C=N\NC(N)=S. The average Bonchev–Trinajstić information content (AvgIpc) is 2.00. The minimum Gasteiger partial charge on any atom is -0.375 e. The Bertz CT molecular complexity index is 276.